The van der Waals surface area contributed by atoms with Gasteiger partial charge in [-0.2, -0.15) is 0 Å². The first-order valence-corrected chi connectivity index (χ1v) is 36.1. The minimum Gasteiger partial charge on any atom is -0.462 e. The number of allylic oxidation sites excluding steroid dienone is 14. The fourth-order valence-corrected chi connectivity index (χ4v) is 10.4. The Morgan fingerprint density at radius 3 is 0.699 bits per heavy atom. The van der Waals surface area contributed by atoms with Gasteiger partial charge in [0.1, 0.15) is 13.2 Å². The molecule has 0 aromatic rings. The highest BCUT2D eigenvalue weighted by atomic mass is 16.6. The van der Waals surface area contributed by atoms with Crippen molar-refractivity contribution in [3.63, 3.8) is 0 Å². The maximum atomic E-state index is 13.0. The maximum Gasteiger partial charge on any atom is 0.306 e. The van der Waals surface area contributed by atoms with E-state index >= 15 is 0 Å². The number of unbranched alkanes of at least 4 members (excludes halogenated alkanes) is 41. The van der Waals surface area contributed by atoms with E-state index in [-0.39, 0.29) is 31.1 Å². The highest BCUT2D eigenvalue weighted by Crippen LogP contribution is 2.17. The zero-order valence-electron chi connectivity index (χ0n) is 55.2. The molecule has 1 unspecified atom stereocenters. The van der Waals surface area contributed by atoms with E-state index in [1.54, 1.807) is 0 Å². The van der Waals surface area contributed by atoms with E-state index in [1.165, 1.54) is 218 Å². The molecule has 0 aromatic heterocycles. The summed E-state index contributed by atoms with van der Waals surface area (Å²) in [6, 6.07) is 0. The fourth-order valence-electron chi connectivity index (χ4n) is 10.4. The third kappa shape index (κ3) is 69.3. The Hall–Kier alpha value is -3.41. The van der Waals surface area contributed by atoms with Crippen molar-refractivity contribution in [2.75, 3.05) is 13.2 Å². The van der Waals surface area contributed by atoms with Crippen LogP contribution in [-0.2, 0) is 28.6 Å². The van der Waals surface area contributed by atoms with Gasteiger partial charge in [0, 0.05) is 19.3 Å². The van der Waals surface area contributed by atoms with E-state index in [1.807, 2.05) is 0 Å². The summed E-state index contributed by atoms with van der Waals surface area (Å²) in [4.78, 5) is 38.5. The molecule has 0 aromatic carbocycles. The standard InChI is InChI=1S/C77H136O6/c1-4-7-10-13-16-19-22-25-28-30-32-34-35-36-37-38-39-40-41-43-44-46-49-52-55-58-61-64-67-70-76(79)82-73-74(72-81-75(78)69-66-63-60-57-54-51-48-27-24-21-18-15-12-9-6-3)83-77(80)71-68-65-62-59-56-53-50-47-45-42-33-31-29-26-23-20-17-14-11-8-5-2/h18,21-23,25-27,30-33,45,47-48,74H,4-17,19-20,24,28-29,34-44,46,49-73H2,1-3H3/b21-18-,25-22-,26-23-,32-30-,33-31-,47-45-,48-27-. The van der Waals surface area contributed by atoms with Crippen molar-refractivity contribution in [2.45, 2.75) is 374 Å². The molecule has 0 aliphatic rings. The van der Waals surface area contributed by atoms with Crippen molar-refractivity contribution in [3.05, 3.63) is 85.1 Å². The highest BCUT2D eigenvalue weighted by molar-refractivity contribution is 5.71. The predicted molar refractivity (Wildman–Crippen MR) is 362 cm³/mol. The molecule has 0 aliphatic heterocycles. The fraction of sp³-hybridized carbons (Fsp3) is 0.779. The average Bonchev–Trinajstić information content (AvgIpc) is 3.49. The largest absolute Gasteiger partial charge is 0.462 e. The van der Waals surface area contributed by atoms with Crippen LogP contribution in [0, 0.1) is 0 Å². The third-order valence-corrected chi connectivity index (χ3v) is 15.8. The molecule has 0 N–H and O–H groups in total. The molecule has 0 radical (unpaired) electrons. The number of hydrogen-bond donors (Lipinski definition) is 0. The summed E-state index contributed by atoms with van der Waals surface area (Å²) in [6.45, 7) is 6.62. The number of rotatable bonds is 66. The number of hydrogen-bond acceptors (Lipinski definition) is 6. The lowest BCUT2D eigenvalue weighted by Crippen LogP contribution is -2.30. The normalized spacial score (nSPS) is 12.6. The van der Waals surface area contributed by atoms with E-state index in [0.717, 1.165) is 109 Å². The maximum absolute atomic E-state index is 13.0. The average molecular weight is 1160 g/mol. The number of carbonyl (C=O) groups excluding carboxylic acids is 3. The van der Waals surface area contributed by atoms with Crippen molar-refractivity contribution >= 4 is 17.9 Å². The Morgan fingerprint density at radius 2 is 0.434 bits per heavy atom. The first kappa shape index (κ1) is 79.6. The lowest BCUT2D eigenvalue weighted by Gasteiger charge is -2.18. The van der Waals surface area contributed by atoms with Crippen LogP contribution in [0.1, 0.15) is 367 Å². The van der Waals surface area contributed by atoms with Gasteiger partial charge >= 0.3 is 17.9 Å². The summed E-state index contributed by atoms with van der Waals surface area (Å²) < 4.78 is 17.0. The number of esters is 3. The Balaban J connectivity index is 4.29. The van der Waals surface area contributed by atoms with Crippen LogP contribution in [0.15, 0.2) is 85.1 Å². The molecule has 0 spiro atoms. The van der Waals surface area contributed by atoms with Gasteiger partial charge in [0.2, 0.25) is 0 Å². The Bertz CT molecular complexity index is 1570. The molecule has 0 bridgehead atoms. The highest BCUT2D eigenvalue weighted by Gasteiger charge is 2.19. The first-order chi connectivity index (χ1) is 41.0. The van der Waals surface area contributed by atoms with Crippen molar-refractivity contribution in [1.29, 1.82) is 0 Å². The SMILES string of the molecule is CCCCC/C=C\C/C=C\CCCCCCCC(=O)OCC(COC(=O)CCCCCCCCCCCCCCCCCCC/C=C\C/C=C\CCCCCCC)OC(=O)CCCCCCCC/C=C\C/C=C\C/C=C\CCCCCCC. The van der Waals surface area contributed by atoms with Gasteiger partial charge in [-0.25, -0.2) is 0 Å². The van der Waals surface area contributed by atoms with Gasteiger partial charge in [0.25, 0.3) is 0 Å². The van der Waals surface area contributed by atoms with Crippen LogP contribution in [0.5, 0.6) is 0 Å². The predicted octanol–water partition coefficient (Wildman–Crippen LogP) is 25.0. The second kappa shape index (κ2) is 71.1. The van der Waals surface area contributed by atoms with Crippen molar-refractivity contribution in [2.24, 2.45) is 0 Å². The molecule has 0 saturated heterocycles. The molecule has 0 heterocycles. The first-order valence-electron chi connectivity index (χ1n) is 36.1. The molecule has 0 rings (SSSR count). The Kier molecular flexibility index (Phi) is 68.2. The summed E-state index contributed by atoms with van der Waals surface area (Å²) in [6.07, 6.45) is 94.7. The Labute approximate surface area is 515 Å². The smallest absolute Gasteiger partial charge is 0.306 e. The van der Waals surface area contributed by atoms with E-state index < -0.39 is 6.10 Å². The minimum atomic E-state index is -0.791. The lowest BCUT2D eigenvalue weighted by atomic mass is 10.0. The molecule has 83 heavy (non-hydrogen) atoms. The second-order valence-electron chi connectivity index (χ2n) is 24.1. The van der Waals surface area contributed by atoms with Gasteiger partial charge < -0.3 is 14.2 Å². The van der Waals surface area contributed by atoms with Crippen LogP contribution < -0.4 is 0 Å². The summed E-state index contributed by atoms with van der Waals surface area (Å²) in [5.74, 6) is -0.893. The lowest BCUT2D eigenvalue weighted by molar-refractivity contribution is -0.167. The minimum absolute atomic E-state index is 0.0841. The van der Waals surface area contributed by atoms with Gasteiger partial charge in [0.05, 0.1) is 0 Å². The zero-order valence-corrected chi connectivity index (χ0v) is 55.2. The molecule has 1 atom stereocenters. The van der Waals surface area contributed by atoms with Crippen LogP contribution in [0.25, 0.3) is 0 Å². The monoisotopic (exact) mass is 1160 g/mol. The van der Waals surface area contributed by atoms with Gasteiger partial charge in [-0.15, -0.1) is 0 Å². The molecule has 0 aliphatic carbocycles. The quantitative estimate of drug-likeness (QED) is 0.0261. The summed E-state index contributed by atoms with van der Waals surface area (Å²) >= 11 is 0. The molecule has 6 heteroatoms. The second-order valence-corrected chi connectivity index (χ2v) is 24.1. The van der Waals surface area contributed by atoms with Crippen LogP contribution in [0.2, 0.25) is 0 Å². The molecule has 0 saturated carbocycles. The third-order valence-electron chi connectivity index (χ3n) is 15.8. The number of ether oxygens (including phenoxy) is 3. The van der Waals surface area contributed by atoms with Crippen LogP contribution in [-0.4, -0.2) is 37.2 Å². The molecule has 0 amide bonds. The topological polar surface area (TPSA) is 78.9 Å². The summed E-state index contributed by atoms with van der Waals surface area (Å²) in [5.41, 5.74) is 0. The van der Waals surface area contributed by atoms with Crippen molar-refractivity contribution < 1.29 is 28.6 Å². The number of carbonyl (C=O) groups is 3. The molecular weight excluding hydrogens is 1020 g/mol. The molecule has 6 nitrogen and oxygen atoms in total. The van der Waals surface area contributed by atoms with E-state index in [2.05, 4.69) is 106 Å². The van der Waals surface area contributed by atoms with Gasteiger partial charge in [-0.3, -0.25) is 14.4 Å². The van der Waals surface area contributed by atoms with Crippen LogP contribution in [0.4, 0.5) is 0 Å². The van der Waals surface area contributed by atoms with Gasteiger partial charge in [-0.05, 0) is 122 Å². The summed E-state index contributed by atoms with van der Waals surface area (Å²) in [7, 11) is 0. The summed E-state index contributed by atoms with van der Waals surface area (Å²) in [5, 5.41) is 0. The van der Waals surface area contributed by atoms with E-state index in [0.29, 0.717) is 19.3 Å². The van der Waals surface area contributed by atoms with E-state index in [9.17, 15) is 14.4 Å². The zero-order chi connectivity index (χ0) is 59.9. The van der Waals surface area contributed by atoms with Gasteiger partial charge in [-0.1, -0.05) is 311 Å². The Morgan fingerprint density at radius 1 is 0.241 bits per heavy atom. The van der Waals surface area contributed by atoms with Crippen molar-refractivity contribution in [3.8, 4) is 0 Å². The van der Waals surface area contributed by atoms with E-state index in [4.69, 9.17) is 14.2 Å². The molecule has 0 fully saturated rings. The molecular formula is C77H136O6. The molecule has 480 valence electrons. The van der Waals surface area contributed by atoms with Gasteiger partial charge in [0.15, 0.2) is 6.10 Å². The van der Waals surface area contributed by atoms with Crippen LogP contribution >= 0.6 is 0 Å². The van der Waals surface area contributed by atoms with Crippen molar-refractivity contribution in [1.82, 2.24) is 0 Å². The van der Waals surface area contributed by atoms with Crippen LogP contribution in [0.3, 0.4) is 0 Å².